The van der Waals surface area contributed by atoms with Crippen LogP contribution in [0.3, 0.4) is 0 Å². The van der Waals surface area contributed by atoms with Gasteiger partial charge in [-0.25, -0.2) is 4.79 Å². The first-order valence-electron chi connectivity index (χ1n) is 8.23. The van der Waals surface area contributed by atoms with Crippen LogP contribution in [0, 0.1) is 17.8 Å². The van der Waals surface area contributed by atoms with Gasteiger partial charge in [0, 0.05) is 12.8 Å². The van der Waals surface area contributed by atoms with E-state index in [2.05, 4.69) is 15.4 Å². The fourth-order valence-electron chi connectivity index (χ4n) is 3.84. The number of nitrogens with one attached hydrogen (secondary N) is 1. The van der Waals surface area contributed by atoms with E-state index in [9.17, 15) is 14.4 Å². The van der Waals surface area contributed by atoms with Crippen molar-refractivity contribution in [3.63, 3.8) is 0 Å². The predicted molar refractivity (Wildman–Crippen MR) is 77.0 cm³/mol. The van der Waals surface area contributed by atoms with Crippen molar-refractivity contribution in [2.45, 2.75) is 38.5 Å². The third-order valence-corrected chi connectivity index (χ3v) is 5.22. The molecule has 0 unspecified atom stereocenters. The molecule has 3 atom stereocenters. The molecule has 128 valence electrons. The summed E-state index contributed by atoms with van der Waals surface area (Å²) in [5.41, 5.74) is 2.14. The zero-order valence-electron chi connectivity index (χ0n) is 13.1. The van der Waals surface area contributed by atoms with Crippen LogP contribution in [0.2, 0.25) is 0 Å². The summed E-state index contributed by atoms with van der Waals surface area (Å²) in [5, 5.41) is 11.4. The summed E-state index contributed by atoms with van der Waals surface area (Å²) in [6.45, 7) is 0.254. The minimum atomic E-state index is -0.992. The van der Waals surface area contributed by atoms with E-state index in [-0.39, 0.29) is 19.4 Å². The minimum Gasteiger partial charge on any atom is -0.432 e. The number of aromatic nitrogens is 3. The van der Waals surface area contributed by atoms with Gasteiger partial charge in [-0.3, -0.25) is 19.5 Å². The molecule has 1 aromatic heterocycles. The van der Waals surface area contributed by atoms with Gasteiger partial charge in [0.25, 0.3) is 11.8 Å². The number of H-pyrrole nitrogens is 1. The van der Waals surface area contributed by atoms with Crippen molar-refractivity contribution >= 4 is 18.0 Å². The molecule has 3 aliphatic rings. The summed E-state index contributed by atoms with van der Waals surface area (Å²) >= 11 is 0. The maximum atomic E-state index is 11.7. The lowest BCUT2D eigenvalue weighted by atomic mass is 10.0. The Labute approximate surface area is 137 Å². The number of hydroxylamine groups is 2. The zero-order chi connectivity index (χ0) is 16.7. The topological polar surface area (TPSA) is 114 Å². The average molecular weight is 334 g/mol. The molecule has 1 N–H and O–H groups in total. The molecule has 0 radical (unpaired) electrons. The second-order valence-electron chi connectivity index (χ2n) is 6.54. The largest absolute Gasteiger partial charge is 0.533 e. The van der Waals surface area contributed by atoms with Crippen molar-refractivity contribution in [3.8, 4) is 0 Å². The van der Waals surface area contributed by atoms with Crippen LogP contribution in [-0.2, 0) is 32.0 Å². The Bertz CT molecular complexity index is 643. The highest BCUT2D eigenvalue weighted by molar-refractivity contribution is 6.01. The Morgan fingerprint density at radius 1 is 1.12 bits per heavy atom. The first-order valence-corrected chi connectivity index (χ1v) is 8.23. The van der Waals surface area contributed by atoms with Gasteiger partial charge in [0.1, 0.15) is 0 Å². The van der Waals surface area contributed by atoms with Gasteiger partial charge in [-0.2, -0.15) is 0 Å². The van der Waals surface area contributed by atoms with E-state index >= 15 is 0 Å². The number of fused-ring (bicyclic) bond motifs is 2. The standard InChI is InChI=1S/C15H18N4O5/c20-13-5-6-14(21)19(13)24-15(22)23-7-10-8-1-3-11-12(17-18-16-11)4-2-9(8)10/h8-10H,1-7H2,(H,16,17,18)/t8-,9+,10-. The van der Waals surface area contributed by atoms with Gasteiger partial charge in [0.05, 0.1) is 18.0 Å². The monoisotopic (exact) mass is 334 g/mol. The average Bonchev–Trinajstić information content (AvgIpc) is 2.83. The highest BCUT2D eigenvalue weighted by atomic mass is 16.8. The maximum Gasteiger partial charge on any atom is 0.533 e. The molecule has 1 aromatic rings. The predicted octanol–water partition coefficient (Wildman–Crippen LogP) is 0.763. The molecule has 2 heterocycles. The SMILES string of the molecule is O=C(OC[C@@H]1[C@@H]2CCc3nn[nH]c3CC[C@@H]21)ON1C(=O)CCC1=O. The third-order valence-electron chi connectivity index (χ3n) is 5.22. The van der Waals surface area contributed by atoms with Gasteiger partial charge in [-0.05, 0) is 43.4 Å². The van der Waals surface area contributed by atoms with Crippen LogP contribution in [0.15, 0.2) is 0 Å². The van der Waals surface area contributed by atoms with E-state index in [1.165, 1.54) is 0 Å². The molecule has 2 amide bonds. The Hall–Kier alpha value is -2.45. The molecule has 1 saturated heterocycles. The van der Waals surface area contributed by atoms with Crippen molar-refractivity contribution in [2.24, 2.45) is 17.8 Å². The third kappa shape index (κ3) is 2.74. The maximum absolute atomic E-state index is 11.7. The highest BCUT2D eigenvalue weighted by Gasteiger charge is 2.50. The van der Waals surface area contributed by atoms with E-state index in [0.29, 0.717) is 22.8 Å². The first kappa shape index (κ1) is 15.1. The molecule has 9 heteroatoms. The number of imide groups is 1. The molecular weight excluding hydrogens is 316 g/mol. The highest BCUT2D eigenvalue weighted by Crippen LogP contribution is 2.52. The van der Waals surface area contributed by atoms with Gasteiger partial charge in [-0.1, -0.05) is 10.3 Å². The van der Waals surface area contributed by atoms with Gasteiger partial charge in [0.15, 0.2) is 0 Å². The molecule has 0 spiro atoms. The number of carbonyl (C=O) groups excluding carboxylic acids is 3. The summed E-state index contributed by atoms with van der Waals surface area (Å²) in [5.74, 6) is 0.320. The van der Waals surface area contributed by atoms with Crippen LogP contribution in [0.1, 0.15) is 37.1 Å². The molecule has 9 nitrogen and oxygen atoms in total. The van der Waals surface area contributed by atoms with Crippen LogP contribution >= 0.6 is 0 Å². The summed E-state index contributed by atoms with van der Waals surface area (Å²) < 4.78 is 5.11. The van der Waals surface area contributed by atoms with E-state index < -0.39 is 18.0 Å². The summed E-state index contributed by atoms with van der Waals surface area (Å²) in [4.78, 5) is 39.2. The van der Waals surface area contributed by atoms with Gasteiger partial charge >= 0.3 is 6.16 Å². The Kier molecular flexibility index (Phi) is 3.70. The van der Waals surface area contributed by atoms with E-state index in [0.717, 1.165) is 37.1 Å². The quantitative estimate of drug-likeness (QED) is 0.641. The van der Waals surface area contributed by atoms with Crippen LogP contribution in [-0.4, -0.2) is 45.1 Å². The van der Waals surface area contributed by atoms with Crippen LogP contribution in [0.4, 0.5) is 4.79 Å². The fourth-order valence-corrected chi connectivity index (χ4v) is 3.84. The number of rotatable bonds is 3. The fraction of sp³-hybridized carbons (Fsp3) is 0.667. The molecule has 1 aliphatic heterocycles. The van der Waals surface area contributed by atoms with Crippen molar-refractivity contribution in [1.29, 1.82) is 0 Å². The molecule has 0 bridgehead atoms. The van der Waals surface area contributed by atoms with E-state index in [4.69, 9.17) is 9.57 Å². The Morgan fingerprint density at radius 2 is 1.83 bits per heavy atom. The van der Waals surface area contributed by atoms with Gasteiger partial charge in [-0.15, -0.1) is 5.10 Å². The number of ether oxygens (including phenoxy) is 1. The normalized spacial score (nSPS) is 28.7. The number of hydrogen-bond donors (Lipinski definition) is 1. The molecule has 0 aromatic carbocycles. The number of nitrogens with zero attached hydrogens (tertiary/aromatic N) is 3. The lowest BCUT2D eigenvalue weighted by Gasteiger charge is -2.12. The molecule has 2 aliphatic carbocycles. The van der Waals surface area contributed by atoms with Crippen molar-refractivity contribution in [3.05, 3.63) is 11.4 Å². The van der Waals surface area contributed by atoms with E-state index in [1.807, 2.05) is 0 Å². The second kappa shape index (κ2) is 5.88. The van der Waals surface area contributed by atoms with Crippen molar-refractivity contribution in [2.75, 3.05) is 6.61 Å². The Morgan fingerprint density at radius 3 is 2.58 bits per heavy atom. The molecule has 2 fully saturated rings. The molecule has 24 heavy (non-hydrogen) atoms. The molecular formula is C15H18N4O5. The lowest BCUT2D eigenvalue weighted by molar-refractivity contribution is -0.177. The number of carbonyl (C=O) groups is 3. The Balaban J connectivity index is 1.26. The van der Waals surface area contributed by atoms with Crippen LogP contribution in [0.5, 0.6) is 0 Å². The number of aromatic amines is 1. The summed E-state index contributed by atoms with van der Waals surface area (Å²) in [6.07, 6.45) is 2.94. The van der Waals surface area contributed by atoms with Crippen LogP contribution in [0.25, 0.3) is 0 Å². The van der Waals surface area contributed by atoms with Gasteiger partial charge < -0.3 is 4.74 Å². The van der Waals surface area contributed by atoms with E-state index in [1.54, 1.807) is 0 Å². The van der Waals surface area contributed by atoms with Crippen molar-refractivity contribution in [1.82, 2.24) is 20.5 Å². The van der Waals surface area contributed by atoms with Gasteiger partial charge in [0.2, 0.25) is 0 Å². The minimum absolute atomic E-state index is 0.0714. The lowest BCUT2D eigenvalue weighted by Crippen LogP contribution is -2.32. The zero-order valence-corrected chi connectivity index (χ0v) is 13.1. The van der Waals surface area contributed by atoms with Crippen molar-refractivity contribution < 1.29 is 24.0 Å². The number of aryl methyl sites for hydroxylation is 2. The summed E-state index contributed by atoms with van der Waals surface area (Å²) in [6, 6.07) is 0. The number of amides is 2. The second-order valence-corrected chi connectivity index (χ2v) is 6.54. The number of hydrogen-bond acceptors (Lipinski definition) is 7. The summed E-state index contributed by atoms with van der Waals surface area (Å²) in [7, 11) is 0. The molecule has 1 saturated carbocycles. The first-order chi connectivity index (χ1) is 11.6. The smallest absolute Gasteiger partial charge is 0.432 e. The van der Waals surface area contributed by atoms with Crippen LogP contribution < -0.4 is 0 Å². The molecule has 4 rings (SSSR count).